The first-order valence-corrected chi connectivity index (χ1v) is 8.92. The molecular formula is C21H25N5O. The molecule has 0 fully saturated rings. The maximum Gasteiger partial charge on any atom is 0.251 e. The standard InChI is InChI=1S/C21H25N5O/c1-15(19-12-23-26(4)14-19)24-21(27)18-8-6-17(7-9-18)20-10-5-16(11-22-20)13-25(2)3/h5-12,14-15H,13H2,1-4H3,(H,24,27)/t15-/m0/s1. The van der Waals surface area contributed by atoms with Gasteiger partial charge in [0.2, 0.25) is 0 Å². The molecular weight excluding hydrogens is 338 g/mol. The first kappa shape index (κ1) is 18.8. The third-order valence-electron chi connectivity index (χ3n) is 4.34. The van der Waals surface area contributed by atoms with Gasteiger partial charge in [0.05, 0.1) is 17.9 Å². The number of hydrogen-bond acceptors (Lipinski definition) is 4. The van der Waals surface area contributed by atoms with Crippen LogP contribution in [-0.4, -0.2) is 39.7 Å². The van der Waals surface area contributed by atoms with Gasteiger partial charge in [-0.25, -0.2) is 0 Å². The molecule has 1 atom stereocenters. The number of nitrogens with zero attached hydrogens (tertiary/aromatic N) is 4. The number of benzene rings is 1. The number of carbonyl (C=O) groups is 1. The average Bonchev–Trinajstić information content (AvgIpc) is 3.08. The van der Waals surface area contributed by atoms with Gasteiger partial charge in [0.1, 0.15) is 0 Å². The first-order valence-electron chi connectivity index (χ1n) is 8.92. The summed E-state index contributed by atoms with van der Waals surface area (Å²) in [6.45, 7) is 2.81. The fourth-order valence-electron chi connectivity index (χ4n) is 2.87. The third kappa shape index (κ3) is 4.80. The first-order chi connectivity index (χ1) is 12.9. The van der Waals surface area contributed by atoms with Crippen molar-refractivity contribution in [3.05, 3.63) is 71.7 Å². The summed E-state index contributed by atoms with van der Waals surface area (Å²) in [5.74, 6) is -0.104. The molecule has 0 unspecified atom stereocenters. The SMILES string of the molecule is C[C@H](NC(=O)c1ccc(-c2ccc(CN(C)C)cn2)cc1)c1cnn(C)c1. The van der Waals surface area contributed by atoms with Gasteiger partial charge >= 0.3 is 0 Å². The number of aromatic nitrogens is 3. The molecule has 0 spiro atoms. The second kappa shape index (κ2) is 8.14. The Bertz CT molecular complexity index is 897. The number of hydrogen-bond donors (Lipinski definition) is 1. The highest BCUT2D eigenvalue weighted by Crippen LogP contribution is 2.19. The summed E-state index contributed by atoms with van der Waals surface area (Å²) in [5, 5.41) is 7.14. The van der Waals surface area contributed by atoms with Gasteiger partial charge in [-0.05, 0) is 44.8 Å². The van der Waals surface area contributed by atoms with E-state index in [1.165, 1.54) is 5.56 Å². The van der Waals surface area contributed by atoms with Crippen LogP contribution in [0.4, 0.5) is 0 Å². The van der Waals surface area contributed by atoms with E-state index in [0.29, 0.717) is 5.56 Å². The summed E-state index contributed by atoms with van der Waals surface area (Å²) >= 11 is 0. The van der Waals surface area contributed by atoms with E-state index in [1.54, 1.807) is 10.9 Å². The largest absolute Gasteiger partial charge is 0.345 e. The van der Waals surface area contributed by atoms with Crippen molar-refractivity contribution in [3.8, 4) is 11.3 Å². The Morgan fingerprint density at radius 3 is 2.44 bits per heavy atom. The lowest BCUT2D eigenvalue weighted by Crippen LogP contribution is -2.26. The highest BCUT2D eigenvalue weighted by molar-refractivity contribution is 5.94. The molecule has 0 saturated carbocycles. The molecule has 140 valence electrons. The van der Waals surface area contributed by atoms with Gasteiger partial charge in [0.15, 0.2) is 0 Å². The van der Waals surface area contributed by atoms with E-state index in [2.05, 4.69) is 26.4 Å². The molecule has 1 aromatic carbocycles. The summed E-state index contributed by atoms with van der Waals surface area (Å²) in [6, 6.07) is 11.5. The number of nitrogens with one attached hydrogen (secondary N) is 1. The fraction of sp³-hybridized carbons (Fsp3) is 0.286. The van der Waals surface area contributed by atoms with Crippen molar-refractivity contribution in [1.29, 1.82) is 0 Å². The van der Waals surface area contributed by atoms with E-state index in [9.17, 15) is 4.79 Å². The Balaban J connectivity index is 1.66. The van der Waals surface area contributed by atoms with Crippen molar-refractivity contribution in [3.63, 3.8) is 0 Å². The van der Waals surface area contributed by atoms with Gasteiger partial charge in [-0.2, -0.15) is 5.10 Å². The minimum Gasteiger partial charge on any atom is -0.345 e. The zero-order valence-electron chi connectivity index (χ0n) is 16.2. The van der Waals surface area contributed by atoms with Crippen molar-refractivity contribution in [2.24, 2.45) is 7.05 Å². The fourth-order valence-corrected chi connectivity index (χ4v) is 2.87. The van der Waals surface area contributed by atoms with Gasteiger partial charge in [-0.1, -0.05) is 18.2 Å². The lowest BCUT2D eigenvalue weighted by atomic mass is 10.1. The number of rotatable bonds is 6. The lowest BCUT2D eigenvalue weighted by Gasteiger charge is -2.12. The summed E-state index contributed by atoms with van der Waals surface area (Å²) in [4.78, 5) is 19.1. The zero-order chi connectivity index (χ0) is 19.4. The molecule has 0 saturated heterocycles. The number of pyridine rings is 1. The molecule has 0 bridgehead atoms. The minimum absolute atomic E-state index is 0.100. The summed E-state index contributed by atoms with van der Waals surface area (Å²) in [5.41, 5.74) is 4.66. The third-order valence-corrected chi connectivity index (χ3v) is 4.34. The van der Waals surface area contributed by atoms with E-state index in [1.807, 2.05) is 70.8 Å². The Kier molecular flexibility index (Phi) is 5.66. The topological polar surface area (TPSA) is 63.1 Å². The Hall–Kier alpha value is -2.99. The second-order valence-corrected chi connectivity index (χ2v) is 7.01. The summed E-state index contributed by atoms with van der Waals surface area (Å²) in [6.07, 6.45) is 5.56. The maximum atomic E-state index is 12.5. The van der Waals surface area contributed by atoms with Crippen molar-refractivity contribution < 1.29 is 4.79 Å². The van der Waals surface area contributed by atoms with Crippen molar-refractivity contribution >= 4 is 5.91 Å². The van der Waals surface area contributed by atoms with Gasteiger partial charge < -0.3 is 10.2 Å². The molecule has 27 heavy (non-hydrogen) atoms. The normalized spacial score (nSPS) is 12.2. The summed E-state index contributed by atoms with van der Waals surface area (Å²) in [7, 11) is 5.93. The zero-order valence-corrected chi connectivity index (χ0v) is 16.2. The smallest absolute Gasteiger partial charge is 0.251 e. The highest BCUT2D eigenvalue weighted by atomic mass is 16.1. The molecule has 6 heteroatoms. The number of aryl methyl sites for hydroxylation is 1. The van der Waals surface area contributed by atoms with Crippen LogP contribution in [0, 0.1) is 0 Å². The van der Waals surface area contributed by atoms with Crippen LogP contribution in [0.1, 0.15) is 34.5 Å². The van der Waals surface area contributed by atoms with Crippen LogP contribution >= 0.6 is 0 Å². The molecule has 6 nitrogen and oxygen atoms in total. The molecule has 0 aliphatic carbocycles. The van der Waals surface area contributed by atoms with Crippen molar-refractivity contribution in [2.45, 2.75) is 19.5 Å². The van der Waals surface area contributed by atoms with Crippen molar-refractivity contribution in [2.75, 3.05) is 14.1 Å². The molecule has 0 radical (unpaired) electrons. The van der Waals surface area contributed by atoms with Gasteiger partial charge in [0.25, 0.3) is 5.91 Å². The quantitative estimate of drug-likeness (QED) is 0.731. The van der Waals surface area contributed by atoms with E-state index < -0.39 is 0 Å². The van der Waals surface area contributed by atoms with Crippen LogP contribution in [0.15, 0.2) is 55.0 Å². The Morgan fingerprint density at radius 2 is 1.89 bits per heavy atom. The van der Waals surface area contributed by atoms with Gasteiger partial charge in [-0.3, -0.25) is 14.5 Å². The molecule has 3 rings (SSSR count). The van der Waals surface area contributed by atoms with Crippen molar-refractivity contribution in [1.82, 2.24) is 25.0 Å². The highest BCUT2D eigenvalue weighted by Gasteiger charge is 2.13. The summed E-state index contributed by atoms with van der Waals surface area (Å²) < 4.78 is 1.73. The molecule has 1 N–H and O–H groups in total. The average molecular weight is 363 g/mol. The Labute approximate surface area is 159 Å². The van der Waals surface area contributed by atoms with Crippen LogP contribution in [0.5, 0.6) is 0 Å². The van der Waals surface area contributed by atoms with Crippen LogP contribution in [0.25, 0.3) is 11.3 Å². The van der Waals surface area contributed by atoms with E-state index >= 15 is 0 Å². The van der Waals surface area contributed by atoms with Crippen LogP contribution in [0.3, 0.4) is 0 Å². The van der Waals surface area contributed by atoms with Crippen LogP contribution in [-0.2, 0) is 13.6 Å². The molecule has 0 aliphatic rings. The number of carbonyl (C=O) groups excluding carboxylic acids is 1. The number of amides is 1. The monoisotopic (exact) mass is 363 g/mol. The predicted octanol–water partition coefficient (Wildman–Crippen LogP) is 3.03. The predicted molar refractivity (Wildman–Crippen MR) is 106 cm³/mol. The molecule has 3 aromatic rings. The van der Waals surface area contributed by atoms with E-state index in [0.717, 1.165) is 23.4 Å². The van der Waals surface area contributed by atoms with Gasteiger partial charge in [0, 0.05) is 42.7 Å². The molecule has 2 heterocycles. The molecule has 2 aromatic heterocycles. The van der Waals surface area contributed by atoms with Gasteiger partial charge in [-0.15, -0.1) is 0 Å². The second-order valence-electron chi connectivity index (χ2n) is 7.01. The van der Waals surface area contributed by atoms with Crippen LogP contribution < -0.4 is 5.32 Å². The molecule has 1 amide bonds. The lowest BCUT2D eigenvalue weighted by molar-refractivity contribution is 0.0940. The maximum absolute atomic E-state index is 12.5. The van der Waals surface area contributed by atoms with Crippen LogP contribution in [0.2, 0.25) is 0 Å². The molecule has 0 aliphatic heterocycles. The van der Waals surface area contributed by atoms with E-state index in [-0.39, 0.29) is 11.9 Å². The minimum atomic E-state index is -0.104. The Morgan fingerprint density at radius 1 is 1.15 bits per heavy atom. The van der Waals surface area contributed by atoms with E-state index in [4.69, 9.17) is 0 Å².